The number of aryl methyl sites for hydroxylation is 2. The molecule has 7 rings (SSSR count). The highest BCUT2D eigenvalue weighted by molar-refractivity contribution is 7.14. The lowest BCUT2D eigenvalue weighted by molar-refractivity contribution is -0.660. The number of hydrogen-bond donors (Lipinski definition) is 0. The predicted octanol–water partition coefficient (Wildman–Crippen LogP) is 5.47. The summed E-state index contributed by atoms with van der Waals surface area (Å²) in [6, 6.07) is 35.5. The molecular formula is C32H26NOSi+. The summed E-state index contributed by atoms with van der Waals surface area (Å²) >= 11 is 0. The number of nitrogens with zero attached hydrogens (tertiary/aromatic N) is 1. The molecule has 6 aromatic rings. The summed E-state index contributed by atoms with van der Waals surface area (Å²) < 4.78 is 9.11. The Morgan fingerprint density at radius 3 is 1.97 bits per heavy atom. The van der Waals surface area contributed by atoms with Crippen LogP contribution in [0, 0.1) is 6.92 Å². The van der Waals surface area contributed by atoms with Gasteiger partial charge in [0.25, 0.3) is 0 Å². The molecule has 2 aromatic heterocycles. The highest BCUT2D eigenvalue weighted by Crippen LogP contribution is 2.38. The quantitative estimate of drug-likeness (QED) is 0.243. The topological polar surface area (TPSA) is 17.0 Å². The van der Waals surface area contributed by atoms with Gasteiger partial charge in [0.2, 0.25) is 5.69 Å². The van der Waals surface area contributed by atoms with Gasteiger partial charge in [0.05, 0.1) is 5.56 Å². The van der Waals surface area contributed by atoms with Crippen molar-refractivity contribution in [2.75, 3.05) is 0 Å². The Morgan fingerprint density at radius 2 is 1.26 bits per heavy atom. The molecule has 0 unspecified atom stereocenters. The number of hydrogen-bond acceptors (Lipinski definition) is 1. The number of fused-ring (bicyclic) bond motifs is 6. The van der Waals surface area contributed by atoms with E-state index in [2.05, 4.69) is 128 Å². The standard InChI is InChI=1S/C32H26NOSi/c1-21-18-19-25-24-13-10-17-29(31(24)34-32(25)30(21)26-14-8-9-20-33(26)2)35(3)27-15-6-4-11-22(27)23-12-5-7-16-28(23)35/h4-20H,1-3H3/q+1. The van der Waals surface area contributed by atoms with Gasteiger partial charge >= 0.3 is 0 Å². The van der Waals surface area contributed by atoms with E-state index in [9.17, 15) is 0 Å². The maximum absolute atomic E-state index is 6.93. The number of benzene rings is 4. The predicted molar refractivity (Wildman–Crippen MR) is 147 cm³/mol. The average Bonchev–Trinajstić information content (AvgIpc) is 3.39. The molecule has 0 saturated carbocycles. The summed E-state index contributed by atoms with van der Waals surface area (Å²) in [6.45, 7) is 4.67. The molecule has 0 fully saturated rings. The molecule has 0 atom stereocenters. The minimum absolute atomic E-state index is 0.978. The van der Waals surface area contributed by atoms with Gasteiger partial charge in [0.1, 0.15) is 18.2 Å². The third-order valence-corrected chi connectivity index (χ3v) is 12.4. The normalized spacial score (nSPS) is 13.8. The van der Waals surface area contributed by atoms with Crippen LogP contribution >= 0.6 is 0 Å². The molecule has 0 radical (unpaired) electrons. The van der Waals surface area contributed by atoms with Crippen molar-refractivity contribution in [1.82, 2.24) is 0 Å². The molecule has 0 amide bonds. The van der Waals surface area contributed by atoms with E-state index in [1.807, 2.05) is 0 Å². The SMILES string of the molecule is Cc1ccc2c(oc3c([Si]4(C)c5ccccc5-c5ccccc54)cccc32)c1-c1cccc[n+]1C. The van der Waals surface area contributed by atoms with E-state index in [1.165, 1.54) is 48.6 Å². The zero-order valence-corrected chi connectivity index (χ0v) is 21.2. The van der Waals surface area contributed by atoms with Gasteiger partial charge < -0.3 is 4.42 Å². The van der Waals surface area contributed by atoms with Crippen LogP contribution in [0.1, 0.15) is 5.56 Å². The van der Waals surface area contributed by atoms with Crippen LogP contribution in [0.4, 0.5) is 0 Å². The van der Waals surface area contributed by atoms with Crippen LogP contribution in [-0.2, 0) is 7.05 Å². The molecule has 0 N–H and O–H groups in total. The summed E-state index contributed by atoms with van der Waals surface area (Å²) in [4.78, 5) is 0. The van der Waals surface area contributed by atoms with Gasteiger partial charge in [-0.1, -0.05) is 85.4 Å². The lowest BCUT2D eigenvalue weighted by Crippen LogP contribution is -2.62. The van der Waals surface area contributed by atoms with Crippen LogP contribution in [0.2, 0.25) is 6.55 Å². The van der Waals surface area contributed by atoms with E-state index in [0.717, 1.165) is 16.9 Å². The number of aromatic nitrogens is 1. The smallest absolute Gasteiger partial charge is 0.216 e. The first-order valence-corrected chi connectivity index (χ1v) is 14.7. The van der Waals surface area contributed by atoms with E-state index in [4.69, 9.17) is 4.42 Å². The summed E-state index contributed by atoms with van der Waals surface area (Å²) in [5.74, 6) is 0. The van der Waals surface area contributed by atoms with Gasteiger partial charge in [-0.3, -0.25) is 0 Å². The molecule has 168 valence electrons. The highest BCUT2D eigenvalue weighted by Gasteiger charge is 2.44. The Kier molecular flexibility index (Phi) is 4.24. The fourth-order valence-corrected chi connectivity index (χ4v) is 10.5. The molecule has 3 heterocycles. The number of para-hydroxylation sites is 1. The van der Waals surface area contributed by atoms with E-state index in [-0.39, 0.29) is 0 Å². The molecular weight excluding hydrogens is 442 g/mol. The van der Waals surface area contributed by atoms with Crippen molar-refractivity contribution in [2.45, 2.75) is 13.5 Å². The maximum Gasteiger partial charge on any atom is 0.216 e. The maximum atomic E-state index is 6.93. The van der Waals surface area contributed by atoms with Gasteiger partial charge in [0, 0.05) is 22.9 Å². The number of rotatable bonds is 2. The Bertz CT molecular complexity index is 1750. The van der Waals surface area contributed by atoms with Crippen molar-refractivity contribution in [3.05, 3.63) is 109 Å². The third-order valence-electron chi connectivity index (χ3n) is 7.95. The third kappa shape index (κ3) is 2.67. The molecule has 35 heavy (non-hydrogen) atoms. The van der Waals surface area contributed by atoms with Crippen molar-refractivity contribution in [2.24, 2.45) is 7.05 Å². The molecule has 0 aliphatic carbocycles. The minimum Gasteiger partial charge on any atom is -0.455 e. The lowest BCUT2D eigenvalue weighted by atomic mass is 10.0. The van der Waals surface area contributed by atoms with Crippen LogP contribution in [0.15, 0.2) is 108 Å². The highest BCUT2D eigenvalue weighted by atomic mass is 28.3. The zero-order valence-electron chi connectivity index (χ0n) is 20.2. The lowest BCUT2D eigenvalue weighted by Gasteiger charge is -2.25. The second-order valence-corrected chi connectivity index (χ2v) is 13.7. The first-order valence-electron chi connectivity index (χ1n) is 12.2. The molecule has 0 saturated heterocycles. The second kappa shape index (κ2) is 7.27. The first kappa shape index (κ1) is 20.4. The van der Waals surface area contributed by atoms with Gasteiger partial charge in [-0.25, -0.2) is 4.57 Å². The van der Waals surface area contributed by atoms with Gasteiger partial charge in [0.15, 0.2) is 14.3 Å². The molecule has 4 aromatic carbocycles. The van der Waals surface area contributed by atoms with E-state index < -0.39 is 8.07 Å². The molecule has 0 spiro atoms. The molecule has 0 bridgehead atoms. The van der Waals surface area contributed by atoms with Crippen molar-refractivity contribution in [3.63, 3.8) is 0 Å². The largest absolute Gasteiger partial charge is 0.455 e. The fraction of sp³-hybridized carbons (Fsp3) is 0.0938. The van der Waals surface area contributed by atoms with E-state index in [0.29, 0.717) is 0 Å². The Morgan fingerprint density at radius 1 is 0.629 bits per heavy atom. The van der Waals surface area contributed by atoms with Crippen LogP contribution < -0.4 is 20.1 Å². The van der Waals surface area contributed by atoms with Crippen LogP contribution in [0.5, 0.6) is 0 Å². The molecule has 1 aliphatic rings. The fourth-order valence-electron chi connectivity index (χ4n) is 6.20. The van der Waals surface area contributed by atoms with Crippen molar-refractivity contribution < 1.29 is 8.98 Å². The van der Waals surface area contributed by atoms with Gasteiger partial charge in [-0.15, -0.1) is 0 Å². The monoisotopic (exact) mass is 468 g/mol. The van der Waals surface area contributed by atoms with Crippen LogP contribution in [-0.4, -0.2) is 8.07 Å². The van der Waals surface area contributed by atoms with Crippen molar-refractivity contribution in [3.8, 4) is 22.4 Å². The Labute approximate surface area is 206 Å². The summed E-state index contributed by atoms with van der Waals surface area (Å²) in [7, 11) is -0.152. The number of furan rings is 1. The number of pyridine rings is 1. The minimum atomic E-state index is -2.25. The summed E-state index contributed by atoms with van der Waals surface area (Å²) in [5, 5.41) is 6.68. The summed E-state index contributed by atoms with van der Waals surface area (Å²) in [6.07, 6.45) is 2.10. The first-order chi connectivity index (χ1) is 17.1. The van der Waals surface area contributed by atoms with Gasteiger partial charge in [-0.05, 0) is 45.2 Å². The van der Waals surface area contributed by atoms with Crippen LogP contribution in [0.25, 0.3) is 44.3 Å². The molecule has 2 nitrogen and oxygen atoms in total. The molecule has 1 aliphatic heterocycles. The summed E-state index contributed by atoms with van der Waals surface area (Å²) in [5.41, 5.74) is 8.32. The van der Waals surface area contributed by atoms with Crippen molar-refractivity contribution in [1.29, 1.82) is 0 Å². The molecule has 3 heteroatoms. The van der Waals surface area contributed by atoms with E-state index in [1.54, 1.807) is 0 Å². The van der Waals surface area contributed by atoms with Gasteiger partial charge in [-0.2, -0.15) is 0 Å². The van der Waals surface area contributed by atoms with Crippen LogP contribution in [0.3, 0.4) is 0 Å². The zero-order chi connectivity index (χ0) is 23.7. The average molecular weight is 469 g/mol. The Hall–Kier alpha value is -3.95. The van der Waals surface area contributed by atoms with Crippen molar-refractivity contribution >= 4 is 45.6 Å². The van der Waals surface area contributed by atoms with E-state index >= 15 is 0 Å². The Balaban J connectivity index is 1.59. The second-order valence-electron chi connectivity index (χ2n) is 9.83.